The molecule has 0 radical (unpaired) electrons. The van der Waals surface area contributed by atoms with E-state index in [1.807, 2.05) is 13.1 Å². The molecule has 0 amide bonds. The highest BCUT2D eigenvalue weighted by atomic mass is 127. The number of aryl methyl sites for hydroxylation is 2. The third-order valence-corrected chi connectivity index (χ3v) is 5.52. The first-order chi connectivity index (χ1) is 13.1. The molecule has 0 saturated carbocycles. The number of hydrogen-bond donors (Lipinski definition) is 2. The Balaban J connectivity index is 0.00000280. The van der Waals surface area contributed by atoms with E-state index in [2.05, 4.69) is 69.0 Å². The molecule has 156 valence electrons. The molecule has 0 aliphatic carbocycles. The van der Waals surface area contributed by atoms with Gasteiger partial charge in [0.2, 0.25) is 0 Å². The fraction of sp³-hybridized carbons (Fsp3) is 0.619. The van der Waals surface area contributed by atoms with Crippen LogP contribution >= 0.6 is 24.0 Å². The predicted octanol–water partition coefficient (Wildman–Crippen LogP) is 3.39. The van der Waals surface area contributed by atoms with Gasteiger partial charge in [-0.3, -0.25) is 4.99 Å². The molecule has 2 heterocycles. The van der Waals surface area contributed by atoms with Gasteiger partial charge in [0.1, 0.15) is 5.82 Å². The Morgan fingerprint density at radius 2 is 1.96 bits per heavy atom. The highest BCUT2D eigenvalue weighted by molar-refractivity contribution is 14.0. The minimum absolute atomic E-state index is 0. The Morgan fingerprint density at radius 3 is 2.64 bits per heavy atom. The van der Waals surface area contributed by atoms with Crippen molar-refractivity contribution in [3.05, 3.63) is 30.1 Å². The van der Waals surface area contributed by atoms with E-state index in [1.54, 1.807) is 0 Å². The van der Waals surface area contributed by atoms with Crippen molar-refractivity contribution in [3.63, 3.8) is 0 Å². The summed E-state index contributed by atoms with van der Waals surface area (Å²) in [5.41, 5.74) is 2.29. The van der Waals surface area contributed by atoms with Crippen molar-refractivity contribution in [1.29, 1.82) is 0 Å². The van der Waals surface area contributed by atoms with E-state index in [-0.39, 0.29) is 24.0 Å². The highest BCUT2D eigenvalue weighted by Gasteiger charge is 2.21. The van der Waals surface area contributed by atoms with Crippen LogP contribution in [-0.2, 0) is 6.54 Å². The summed E-state index contributed by atoms with van der Waals surface area (Å²) in [6, 6.07) is 9.51. The number of guanidine groups is 1. The standard InChI is InChI=1S/C21H34N6.HI/c1-16(2)26-14-10-18(11-15-26)25-21(22-4)23-12-7-13-27-17(3)24-19-8-5-6-9-20(19)27;/h5-6,8-9,16,18H,7,10-15H2,1-4H3,(H2,22,23,25);1H. The molecule has 1 saturated heterocycles. The van der Waals surface area contributed by atoms with Crippen molar-refractivity contribution < 1.29 is 0 Å². The van der Waals surface area contributed by atoms with Crippen LogP contribution in [-0.4, -0.2) is 59.2 Å². The molecule has 0 atom stereocenters. The lowest BCUT2D eigenvalue weighted by Gasteiger charge is -2.35. The lowest BCUT2D eigenvalue weighted by Crippen LogP contribution is -2.50. The maximum absolute atomic E-state index is 4.64. The van der Waals surface area contributed by atoms with Crippen molar-refractivity contribution in [2.45, 2.75) is 58.7 Å². The predicted molar refractivity (Wildman–Crippen MR) is 129 cm³/mol. The number of imidazole rings is 1. The van der Waals surface area contributed by atoms with Crippen LogP contribution in [0.2, 0.25) is 0 Å². The number of rotatable bonds is 6. The van der Waals surface area contributed by atoms with Gasteiger partial charge < -0.3 is 20.1 Å². The maximum Gasteiger partial charge on any atom is 0.191 e. The molecule has 3 rings (SSSR count). The number of likely N-dealkylation sites (tertiary alicyclic amines) is 1. The van der Waals surface area contributed by atoms with E-state index < -0.39 is 0 Å². The van der Waals surface area contributed by atoms with Gasteiger partial charge in [-0.2, -0.15) is 0 Å². The number of hydrogen-bond acceptors (Lipinski definition) is 3. The fourth-order valence-corrected chi connectivity index (χ4v) is 3.87. The number of nitrogens with zero attached hydrogens (tertiary/aromatic N) is 4. The summed E-state index contributed by atoms with van der Waals surface area (Å²) in [6.45, 7) is 10.8. The monoisotopic (exact) mass is 498 g/mol. The van der Waals surface area contributed by atoms with Crippen LogP contribution in [0.1, 0.15) is 38.9 Å². The first-order valence-electron chi connectivity index (χ1n) is 10.2. The summed E-state index contributed by atoms with van der Waals surface area (Å²) < 4.78 is 2.30. The molecule has 0 spiro atoms. The lowest BCUT2D eigenvalue weighted by atomic mass is 10.0. The zero-order valence-electron chi connectivity index (χ0n) is 17.6. The van der Waals surface area contributed by atoms with Gasteiger partial charge in [-0.15, -0.1) is 24.0 Å². The molecule has 2 N–H and O–H groups in total. The molecule has 6 nitrogen and oxygen atoms in total. The maximum atomic E-state index is 4.64. The van der Waals surface area contributed by atoms with Crippen molar-refractivity contribution >= 4 is 41.0 Å². The van der Waals surface area contributed by atoms with Crippen LogP contribution < -0.4 is 10.6 Å². The van der Waals surface area contributed by atoms with E-state index in [0.717, 1.165) is 36.8 Å². The number of piperidine rings is 1. The second-order valence-corrected chi connectivity index (χ2v) is 7.70. The van der Waals surface area contributed by atoms with E-state index in [4.69, 9.17) is 0 Å². The second kappa shape index (κ2) is 11.0. The smallest absolute Gasteiger partial charge is 0.191 e. The Labute approximate surface area is 186 Å². The Kier molecular flexibility index (Phi) is 9.01. The first-order valence-corrected chi connectivity index (χ1v) is 10.2. The molecular formula is C21H35IN6. The molecule has 7 heteroatoms. The van der Waals surface area contributed by atoms with Crippen LogP contribution in [0.3, 0.4) is 0 Å². The van der Waals surface area contributed by atoms with Gasteiger partial charge in [-0.1, -0.05) is 12.1 Å². The molecule has 28 heavy (non-hydrogen) atoms. The summed E-state index contributed by atoms with van der Waals surface area (Å²) >= 11 is 0. The van der Waals surface area contributed by atoms with Crippen molar-refractivity contribution in [3.8, 4) is 0 Å². The Hall–Kier alpha value is -1.35. The second-order valence-electron chi connectivity index (χ2n) is 7.70. The number of aromatic nitrogens is 2. The molecule has 1 aliphatic rings. The molecule has 0 bridgehead atoms. The number of aliphatic imine (C=N–C) groups is 1. The Bertz CT molecular complexity index is 761. The van der Waals surface area contributed by atoms with Gasteiger partial charge in [0.15, 0.2) is 5.96 Å². The molecule has 1 aromatic carbocycles. The van der Waals surface area contributed by atoms with Gasteiger partial charge in [0.05, 0.1) is 11.0 Å². The normalized spacial score (nSPS) is 16.4. The van der Waals surface area contributed by atoms with Gasteiger partial charge in [0.25, 0.3) is 0 Å². The average Bonchev–Trinajstić information content (AvgIpc) is 2.99. The van der Waals surface area contributed by atoms with E-state index in [0.29, 0.717) is 12.1 Å². The van der Waals surface area contributed by atoms with E-state index >= 15 is 0 Å². The average molecular weight is 498 g/mol. The number of nitrogens with one attached hydrogen (secondary N) is 2. The zero-order valence-corrected chi connectivity index (χ0v) is 19.9. The zero-order chi connectivity index (χ0) is 19.2. The van der Waals surface area contributed by atoms with Crippen LogP contribution in [0.15, 0.2) is 29.3 Å². The minimum atomic E-state index is 0. The first kappa shape index (κ1) is 22.9. The van der Waals surface area contributed by atoms with Gasteiger partial charge >= 0.3 is 0 Å². The summed E-state index contributed by atoms with van der Waals surface area (Å²) in [4.78, 5) is 11.6. The largest absolute Gasteiger partial charge is 0.356 e. The molecule has 1 aliphatic heterocycles. The highest BCUT2D eigenvalue weighted by Crippen LogP contribution is 2.16. The van der Waals surface area contributed by atoms with E-state index in [9.17, 15) is 0 Å². The minimum Gasteiger partial charge on any atom is -0.356 e. The van der Waals surface area contributed by atoms with Crippen LogP contribution in [0.5, 0.6) is 0 Å². The lowest BCUT2D eigenvalue weighted by molar-refractivity contribution is 0.167. The summed E-state index contributed by atoms with van der Waals surface area (Å²) in [7, 11) is 1.85. The molecule has 0 unspecified atom stereocenters. The Morgan fingerprint density at radius 1 is 1.25 bits per heavy atom. The third kappa shape index (κ3) is 5.83. The number of para-hydroxylation sites is 2. The number of halogens is 1. The van der Waals surface area contributed by atoms with Crippen molar-refractivity contribution in [2.24, 2.45) is 4.99 Å². The van der Waals surface area contributed by atoms with E-state index in [1.165, 1.54) is 31.4 Å². The quantitative estimate of drug-likeness (QED) is 0.278. The fourth-order valence-electron chi connectivity index (χ4n) is 3.87. The molecule has 2 aromatic rings. The molecule has 1 aromatic heterocycles. The van der Waals surface area contributed by atoms with Crippen LogP contribution in [0.25, 0.3) is 11.0 Å². The number of benzene rings is 1. The van der Waals surface area contributed by atoms with Gasteiger partial charge in [0, 0.05) is 45.3 Å². The van der Waals surface area contributed by atoms with Gasteiger partial charge in [-0.05, 0) is 52.2 Å². The SMILES string of the molecule is CN=C(NCCCn1c(C)nc2ccccc21)NC1CCN(C(C)C)CC1.I. The van der Waals surface area contributed by atoms with Crippen LogP contribution in [0, 0.1) is 6.92 Å². The summed E-state index contributed by atoms with van der Waals surface area (Å²) in [5.74, 6) is 2.00. The number of fused-ring (bicyclic) bond motifs is 1. The molecular weight excluding hydrogens is 463 g/mol. The summed E-state index contributed by atoms with van der Waals surface area (Å²) in [6.07, 6.45) is 3.39. The summed E-state index contributed by atoms with van der Waals surface area (Å²) in [5, 5.41) is 7.07. The molecule has 1 fully saturated rings. The van der Waals surface area contributed by atoms with Crippen LogP contribution in [0.4, 0.5) is 0 Å². The van der Waals surface area contributed by atoms with Crippen molar-refractivity contribution in [2.75, 3.05) is 26.7 Å². The van der Waals surface area contributed by atoms with Gasteiger partial charge in [-0.25, -0.2) is 4.98 Å². The van der Waals surface area contributed by atoms with Crippen molar-refractivity contribution in [1.82, 2.24) is 25.1 Å². The topological polar surface area (TPSA) is 57.5 Å². The third-order valence-electron chi connectivity index (χ3n) is 5.52.